The molecule has 5 heteroatoms. The summed E-state index contributed by atoms with van der Waals surface area (Å²) in [4.78, 5) is 9.51. The van der Waals surface area contributed by atoms with Crippen molar-refractivity contribution in [3.63, 3.8) is 0 Å². The fraction of sp³-hybridized carbons (Fsp3) is 0.286. The van der Waals surface area contributed by atoms with E-state index in [9.17, 15) is 4.39 Å². The highest BCUT2D eigenvalue weighted by atomic mass is 32.2. The van der Waals surface area contributed by atoms with Crippen molar-refractivity contribution in [3.05, 3.63) is 47.0 Å². The molecule has 0 saturated heterocycles. The minimum atomic E-state index is -0.236. The summed E-state index contributed by atoms with van der Waals surface area (Å²) in [5.74, 6) is -0.236. The number of aromatic nitrogens is 2. The summed E-state index contributed by atoms with van der Waals surface area (Å²) < 4.78 is 13.5. The zero-order valence-corrected chi connectivity index (χ0v) is 12.0. The van der Waals surface area contributed by atoms with E-state index < -0.39 is 0 Å². The lowest BCUT2D eigenvalue weighted by molar-refractivity contribution is 0.619. The van der Waals surface area contributed by atoms with Gasteiger partial charge in [0.15, 0.2) is 5.16 Å². The molecule has 2 aromatic rings. The molecule has 0 aliphatic rings. The van der Waals surface area contributed by atoms with Gasteiger partial charge in [0.25, 0.3) is 0 Å². The minimum absolute atomic E-state index is 0.236. The molecule has 0 saturated carbocycles. The van der Waals surface area contributed by atoms with Gasteiger partial charge in [0.1, 0.15) is 5.82 Å². The number of benzene rings is 1. The summed E-state index contributed by atoms with van der Waals surface area (Å²) in [6, 6.07) is 6.90. The molecule has 100 valence electrons. The Morgan fingerprint density at radius 1 is 1.11 bits per heavy atom. The Morgan fingerprint density at radius 2 is 1.79 bits per heavy atom. The van der Waals surface area contributed by atoms with Crippen LogP contribution in [-0.4, -0.2) is 17.0 Å². The van der Waals surface area contributed by atoms with Gasteiger partial charge in [-0.2, -0.15) is 0 Å². The third-order valence-electron chi connectivity index (χ3n) is 2.48. The Labute approximate surface area is 116 Å². The molecule has 0 bridgehead atoms. The highest BCUT2D eigenvalue weighted by molar-refractivity contribution is 7.99. The fourth-order valence-corrected chi connectivity index (χ4v) is 2.80. The third-order valence-corrected chi connectivity index (χ3v) is 3.32. The Morgan fingerprint density at radius 3 is 2.42 bits per heavy atom. The van der Waals surface area contributed by atoms with Gasteiger partial charge in [-0.25, -0.2) is 14.4 Å². The molecule has 0 radical (unpaired) electrons. The van der Waals surface area contributed by atoms with Gasteiger partial charge in [0.05, 0.1) is 0 Å². The predicted octanol–water partition coefficient (Wildman–Crippen LogP) is 3.10. The average Bonchev–Trinajstić information content (AvgIpc) is 2.26. The smallest absolute Gasteiger partial charge is 0.192 e. The van der Waals surface area contributed by atoms with Crippen LogP contribution in [0.1, 0.15) is 17.0 Å². The summed E-state index contributed by atoms with van der Waals surface area (Å²) in [6.07, 6.45) is 0. The molecule has 0 aliphatic carbocycles. The van der Waals surface area contributed by atoms with Crippen LogP contribution in [0.2, 0.25) is 0 Å². The highest BCUT2D eigenvalue weighted by Gasteiger charge is 2.06. The first-order valence-electron chi connectivity index (χ1n) is 6.01. The van der Waals surface area contributed by atoms with Gasteiger partial charge in [-0.3, -0.25) is 0 Å². The normalized spacial score (nSPS) is 10.7. The van der Waals surface area contributed by atoms with Crippen LogP contribution >= 0.6 is 11.8 Å². The summed E-state index contributed by atoms with van der Waals surface area (Å²) in [5.41, 5.74) is 2.75. The van der Waals surface area contributed by atoms with Crippen molar-refractivity contribution in [2.45, 2.75) is 30.4 Å². The van der Waals surface area contributed by atoms with E-state index in [-0.39, 0.29) is 5.82 Å². The van der Waals surface area contributed by atoms with Crippen molar-refractivity contribution in [2.75, 3.05) is 7.05 Å². The van der Waals surface area contributed by atoms with Crippen molar-refractivity contribution in [2.24, 2.45) is 0 Å². The zero-order chi connectivity index (χ0) is 13.8. The van der Waals surface area contributed by atoms with E-state index in [4.69, 9.17) is 0 Å². The lowest BCUT2D eigenvalue weighted by Crippen LogP contribution is -2.05. The molecule has 2 rings (SSSR count). The number of hydrogen-bond donors (Lipinski definition) is 1. The zero-order valence-electron chi connectivity index (χ0n) is 11.2. The minimum Gasteiger partial charge on any atom is -0.316 e. The van der Waals surface area contributed by atoms with Crippen LogP contribution in [0.5, 0.6) is 0 Å². The van der Waals surface area contributed by atoms with Crippen LogP contribution in [0.4, 0.5) is 4.39 Å². The van der Waals surface area contributed by atoms with E-state index in [1.54, 1.807) is 0 Å². The molecule has 0 unspecified atom stereocenters. The highest BCUT2D eigenvalue weighted by Crippen LogP contribution is 2.26. The van der Waals surface area contributed by atoms with Crippen LogP contribution in [0.15, 0.2) is 34.3 Å². The van der Waals surface area contributed by atoms with Crippen molar-refractivity contribution in [1.82, 2.24) is 15.3 Å². The second kappa shape index (κ2) is 6.12. The second-order valence-electron chi connectivity index (χ2n) is 4.36. The summed E-state index contributed by atoms with van der Waals surface area (Å²) in [5, 5.41) is 3.66. The molecule has 0 atom stereocenters. The van der Waals surface area contributed by atoms with Gasteiger partial charge in [-0.05, 0) is 62.5 Å². The van der Waals surface area contributed by atoms with Gasteiger partial charge < -0.3 is 5.32 Å². The molecule has 0 spiro atoms. The lowest BCUT2D eigenvalue weighted by Gasteiger charge is -2.06. The molecule has 1 aromatic carbocycles. The van der Waals surface area contributed by atoms with Gasteiger partial charge >= 0.3 is 0 Å². The van der Waals surface area contributed by atoms with Crippen LogP contribution in [-0.2, 0) is 6.54 Å². The van der Waals surface area contributed by atoms with Gasteiger partial charge in [-0.1, -0.05) is 0 Å². The maximum absolute atomic E-state index is 13.5. The summed E-state index contributed by atoms with van der Waals surface area (Å²) >= 11 is 1.38. The number of nitrogens with one attached hydrogen (secondary N) is 1. The quantitative estimate of drug-likeness (QED) is 0.871. The molecule has 1 N–H and O–H groups in total. The van der Waals surface area contributed by atoms with Crippen LogP contribution in [0.25, 0.3) is 0 Å². The van der Waals surface area contributed by atoms with Crippen LogP contribution in [0, 0.1) is 19.7 Å². The van der Waals surface area contributed by atoms with E-state index in [2.05, 4.69) is 15.3 Å². The Hall–Kier alpha value is -1.46. The molecule has 1 heterocycles. The number of aryl methyl sites for hydroxylation is 2. The monoisotopic (exact) mass is 277 g/mol. The van der Waals surface area contributed by atoms with Crippen molar-refractivity contribution >= 4 is 11.8 Å². The number of nitrogens with zero attached hydrogens (tertiary/aromatic N) is 2. The molecular formula is C14H16FN3S. The summed E-state index contributed by atoms with van der Waals surface area (Å²) in [7, 11) is 1.84. The Kier molecular flexibility index (Phi) is 4.50. The summed E-state index contributed by atoms with van der Waals surface area (Å²) in [6.45, 7) is 4.49. The van der Waals surface area contributed by atoms with E-state index in [1.807, 2.05) is 33.0 Å². The van der Waals surface area contributed by atoms with E-state index in [1.165, 1.54) is 23.9 Å². The molecule has 3 nitrogen and oxygen atoms in total. The maximum Gasteiger partial charge on any atom is 0.192 e. The SMILES string of the molecule is CNCc1cc(F)cc(Sc2nc(C)cc(C)n2)c1. The number of rotatable bonds is 4. The Bertz CT molecular complexity index is 567. The fourth-order valence-electron chi connectivity index (χ4n) is 1.83. The van der Waals surface area contributed by atoms with Gasteiger partial charge in [0, 0.05) is 22.8 Å². The largest absolute Gasteiger partial charge is 0.316 e. The lowest BCUT2D eigenvalue weighted by atomic mass is 10.2. The molecular weight excluding hydrogens is 261 g/mol. The van der Waals surface area contributed by atoms with Crippen LogP contribution in [0.3, 0.4) is 0 Å². The van der Waals surface area contributed by atoms with Crippen molar-refractivity contribution < 1.29 is 4.39 Å². The van der Waals surface area contributed by atoms with E-state index in [0.717, 1.165) is 21.8 Å². The first kappa shape index (κ1) is 14.0. The van der Waals surface area contributed by atoms with Crippen molar-refractivity contribution in [1.29, 1.82) is 0 Å². The van der Waals surface area contributed by atoms with Crippen LogP contribution < -0.4 is 5.32 Å². The van der Waals surface area contributed by atoms with E-state index in [0.29, 0.717) is 11.7 Å². The molecule has 0 amide bonds. The standard InChI is InChI=1S/C14H16FN3S/c1-9-4-10(2)18-14(17-9)19-13-6-11(8-16-3)5-12(15)7-13/h4-7,16H,8H2,1-3H3. The second-order valence-corrected chi connectivity index (χ2v) is 5.40. The first-order chi connectivity index (χ1) is 9.06. The number of halogens is 1. The molecule has 19 heavy (non-hydrogen) atoms. The predicted molar refractivity (Wildman–Crippen MR) is 74.8 cm³/mol. The third kappa shape index (κ3) is 4.01. The van der Waals surface area contributed by atoms with E-state index >= 15 is 0 Å². The average molecular weight is 277 g/mol. The first-order valence-corrected chi connectivity index (χ1v) is 6.82. The number of hydrogen-bond acceptors (Lipinski definition) is 4. The molecule has 0 aliphatic heterocycles. The molecule has 0 fully saturated rings. The van der Waals surface area contributed by atoms with Gasteiger partial charge in [-0.15, -0.1) is 0 Å². The van der Waals surface area contributed by atoms with Gasteiger partial charge in [0.2, 0.25) is 0 Å². The Balaban J connectivity index is 2.27. The maximum atomic E-state index is 13.5. The topological polar surface area (TPSA) is 37.8 Å². The molecule has 1 aromatic heterocycles. The van der Waals surface area contributed by atoms with Crippen molar-refractivity contribution in [3.8, 4) is 0 Å².